The van der Waals surface area contributed by atoms with E-state index in [9.17, 15) is 4.79 Å². The summed E-state index contributed by atoms with van der Waals surface area (Å²) in [6.45, 7) is 3.57. The van der Waals surface area contributed by atoms with E-state index in [1.807, 2.05) is 42.5 Å². The molecule has 3 heterocycles. The molecule has 172 valence electrons. The van der Waals surface area contributed by atoms with E-state index in [1.165, 1.54) is 0 Å². The fourth-order valence-electron chi connectivity index (χ4n) is 3.93. The maximum Gasteiger partial charge on any atom is 0.258 e. The van der Waals surface area contributed by atoms with E-state index in [0.29, 0.717) is 29.6 Å². The highest BCUT2D eigenvalue weighted by Gasteiger charge is 2.22. The van der Waals surface area contributed by atoms with Crippen LogP contribution in [-0.4, -0.2) is 52.1 Å². The van der Waals surface area contributed by atoms with Gasteiger partial charge in [-0.15, -0.1) is 10.2 Å². The molecule has 33 heavy (non-hydrogen) atoms. The van der Waals surface area contributed by atoms with Gasteiger partial charge in [0.1, 0.15) is 11.6 Å². The molecule has 0 spiro atoms. The molecule has 0 saturated heterocycles. The van der Waals surface area contributed by atoms with Crippen LogP contribution in [0.2, 0.25) is 5.02 Å². The number of fused-ring (bicyclic) bond motifs is 2. The van der Waals surface area contributed by atoms with Gasteiger partial charge in [0.05, 0.1) is 6.54 Å². The summed E-state index contributed by atoms with van der Waals surface area (Å²) >= 11 is 6.46. The Labute approximate surface area is 196 Å². The Kier molecular flexibility index (Phi) is 6.32. The second-order valence-corrected chi connectivity index (χ2v) is 8.29. The van der Waals surface area contributed by atoms with E-state index in [0.717, 1.165) is 49.0 Å². The normalized spacial score (nSPS) is 15.1. The highest BCUT2D eigenvalue weighted by molar-refractivity contribution is 6.31. The van der Waals surface area contributed by atoms with Crippen LogP contribution in [0.4, 0.5) is 0 Å². The Balaban J connectivity index is 1.15. The predicted molar refractivity (Wildman–Crippen MR) is 120 cm³/mol. The summed E-state index contributed by atoms with van der Waals surface area (Å²) in [5.74, 6) is 3.53. The molecule has 1 aromatic heterocycles. The molecule has 0 bridgehead atoms. The molecule has 0 saturated carbocycles. The topological polar surface area (TPSA) is 90.7 Å². The maximum absolute atomic E-state index is 12.2. The Morgan fingerprint density at radius 3 is 2.76 bits per heavy atom. The van der Waals surface area contributed by atoms with Gasteiger partial charge in [-0.25, -0.2) is 0 Å². The van der Waals surface area contributed by atoms with Crippen LogP contribution < -0.4 is 19.5 Å². The molecule has 2 aliphatic heterocycles. The van der Waals surface area contributed by atoms with Crippen molar-refractivity contribution < 1.29 is 19.0 Å². The molecule has 1 N–H and O–H groups in total. The fourth-order valence-corrected chi connectivity index (χ4v) is 4.14. The summed E-state index contributed by atoms with van der Waals surface area (Å²) in [7, 11) is 0. The zero-order chi connectivity index (χ0) is 22.6. The Bertz CT molecular complexity index is 1140. The third kappa shape index (κ3) is 5.04. The molecule has 0 unspecified atom stereocenters. The van der Waals surface area contributed by atoms with Crippen molar-refractivity contribution in [2.24, 2.45) is 0 Å². The third-order valence-corrected chi connectivity index (χ3v) is 6.04. The number of hydrogen-bond donors (Lipinski definition) is 1. The predicted octanol–water partition coefficient (Wildman–Crippen LogP) is 2.41. The average molecular weight is 470 g/mol. The van der Waals surface area contributed by atoms with Gasteiger partial charge in [0.25, 0.3) is 5.91 Å². The molecule has 0 fully saturated rings. The number of hydrogen-bond acceptors (Lipinski definition) is 7. The Morgan fingerprint density at radius 2 is 1.91 bits per heavy atom. The molecule has 0 radical (unpaired) electrons. The minimum absolute atomic E-state index is 0.0466. The highest BCUT2D eigenvalue weighted by Crippen LogP contribution is 2.37. The lowest BCUT2D eigenvalue weighted by molar-refractivity contribution is -0.123. The number of benzene rings is 2. The molecule has 1 amide bonds. The number of nitrogens with one attached hydrogen (secondary N) is 1. The molecular formula is C23H24ClN5O4. The first-order valence-corrected chi connectivity index (χ1v) is 11.2. The molecule has 2 aromatic carbocycles. The largest absolute Gasteiger partial charge is 0.484 e. The summed E-state index contributed by atoms with van der Waals surface area (Å²) < 4.78 is 18.4. The summed E-state index contributed by atoms with van der Waals surface area (Å²) in [6, 6.07) is 13.0. The van der Waals surface area contributed by atoms with Crippen molar-refractivity contribution in [1.29, 1.82) is 0 Å². The van der Waals surface area contributed by atoms with E-state index in [2.05, 4.69) is 25.0 Å². The number of aromatic nitrogens is 3. The SMILES string of the molecule is O=C(COc1ccccc1)NCc1nnc2n1CCN(Cc1cc3c(cc1Cl)OCO3)CC2. The second kappa shape index (κ2) is 9.68. The van der Waals surface area contributed by atoms with Gasteiger partial charge in [-0.1, -0.05) is 29.8 Å². The van der Waals surface area contributed by atoms with Crippen molar-refractivity contribution in [3.8, 4) is 17.2 Å². The number of carbonyl (C=O) groups is 1. The minimum atomic E-state index is -0.205. The Hall–Kier alpha value is -3.30. The molecule has 10 heteroatoms. The third-order valence-electron chi connectivity index (χ3n) is 5.69. The van der Waals surface area contributed by atoms with Crippen LogP contribution in [0, 0.1) is 0 Å². The van der Waals surface area contributed by atoms with Crippen LogP contribution in [0.5, 0.6) is 17.2 Å². The van der Waals surface area contributed by atoms with Gasteiger partial charge in [-0.3, -0.25) is 9.69 Å². The Morgan fingerprint density at radius 1 is 1.09 bits per heavy atom. The number of para-hydroxylation sites is 1. The van der Waals surface area contributed by atoms with Gasteiger partial charge in [-0.2, -0.15) is 0 Å². The monoisotopic (exact) mass is 469 g/mol. The number of nitrogens with zero attached hydrogens (tertiary/aromatic N) is 4. The number of halogens is 1. The molecule has 0 atom stereocenters. The lowest BCUT2D eigenvalue weighted by Crippen LogP contribution is -2.30. The number of ether oxygens (including phenoxy) is 3. The lowest BCUT2D eigenvalue weighted by Gasteiger charge is -2.20. The van der Waals surface area contributed by atoms with Gasteiger partial charge in [0.2, 0.25) is 6.79 Å². The van der Waals surface area contributed by atoms with E-state index >= 15 is 0 Å². The first-order valence-electron chi connectivity index (χ1n) is 10.8. The van der Waals surface area contributed by atoms with E-state index < -0.39 is 0 Å². The van der Waals surface area contributed by atoms with Crippen molar-refractivity contribution in [2.45, 2.75) is 26.1 Å². The van der Waals surface area contributed by atoms with E-state index in [1.54, 1.807) is 0 Å². The van der Waals surface area contributed by atoms with E-state index in [-0.39, 0.29) is 19.3 Å². The van der Waals surface area contributed by atoms with Gasteiger partial charge in [-0.05, 0) is 23.8 Å². The van der Waals surface area contributed by atoms with Gasteiger partial charge in [0, 0.05) is 43.7 Å². The van der Waals surface area contributed by atoms with Crippen LogP contribution in [0.3, 0.4) is 0 Å². The molecule has 0 aliphatic carbocycles. The standard InChI is InChI=1S/C23H24ClN5O4/c24-18-11-20-19(32-15-33-20)10-16(18)13-28-7-6-21-26-27-22(29(21)9-8-28)12-25-23(30)14-31-17-4-2-1-3-5-17/h1-5,10-11H,6-9,12-15H2,(H,25,30). The molecule has 5 rings (SSSR count). The smallest absolute Gasteiger partial charge is 0.258 e. The van der Waals surface area contributed by atoms with Gasteiger partial charge >= 0.3 is 0 Å². The summed E-state index contributed by atoms with van der Waals surface area (Å²) in [5, 5.41) is 12.1. The molecule has 2 aliphatic rings. The molecular weight excluding hydrogens is 446 g/mol. The summed E-state index contributed by atoms with van der Waals surface area (Å²) in [6.07, 6.45) is 0.764. The number of rotatable bonds is 7. The summed E-state index contributed by atoms with van der Waals surface area (Å²) in [5.41, 5.74) is 1.00. The van der Waals surface area contributed by atoms with Crippen molar-refractivity contribution in [2.75, 3.05) is 26.5 Å². The highest BCUT2D eigenvalue weighted by atomic mass is 35.5. The van der Waals surface area contributed by atoms with Crippen LogP contribution in [0.25, 0.3) is 0 Å². The zero-order valence-corrected chi connectivity index (χ0v) is 18.8. The van der Waals surface area contributed by atoms with Crippen molar-refractivity contribution in [3.63, 3.8) is 0 Å². The number of carbonyl (C=O) groups excluding carboxylic acids is 1. The first-order chi connectivity index (χ1) is 16.2. The van der Waals surface area contributed by atoms with Gasteiger partial charge < -0.3 is 24.1 Å². The maximum atomic E-state index is 12.2. The van der Waals surface area contributed by atoms with Crippen molar-refractivity contribution in [1.82, 2.24) is 25.0 Å². The fraction of sp³-hybridized carbons (Fsp3) is 0.348. The van der Waals surface area contributed by atoms with Crippen LogP contribution in [0.1, 0.15) is 17.2 Å². The average Bonchev–Trinajstić information content (AvgIpc) is 3.39. The van der Waals surface area contributed by atoms with Crippen LogP contribution in [0.15, 0.2) is 42.5 Å². The second-order valence-electron chi connectivity index (χ2n) is 7.89. The molecule has 3 aromatic rings. The van der Waals surface area contributed by atoms with Crippen molar-refractivity contribution >= 4 is 17.5 Å². The molecule has 9 nitrogen and oxygen atoms in total. The minimum Gasteiger partial charge on any atom is -0.484 e. The quantitative estimate of drug-likeness (QED) is 0.568. The van der Waals surface area contributed by atoms with Crippen LogP contribution in [-0.2, 0) is 30.8 Å². The van der Waals surface area contributed by atoms with E-state index in [4.69, 9.17) is 25.8 Å². The lowest BCUT2D eigenvalue weighted by atomic mass is 10.2. The van der Waals surface area contributed by atoms with Gasteiger partial charge in [0.15, 0.2) is 23.9 Å². The van der Waals surface area contributed by atoms with Crippen LogP contribution >= 0.6 is 11.6 Å². The zero-order valence-electron chi connectivity index (χ0n) is 18.0. The van der Waals surface area contributed by atoms with Crippen molar-refractivity contribution in [3.05, 3.63) is 64.7 Å². The number of amides is 1. The first kappa shape index (κ1) is 21.5. The summed E-state index contributed by atoms with van der Waals surface area (Å²) in [4.78, 5) is 14.5.